The molecule has 0 bridgehead atoms. The van der Waals surface area contributed by atoms with Gasteiger partial charge in [-0.15, -0.1) is 0 Å². The molecule has 1 aliphatic rings. The summed E-state index contributed by atoms with van der Waals surface area (Å²) in [7, 11) is 1.57. The molecule has 1 atom stereocenters. The molecule has 0 amide bonds. The van der Waals surface area contributed by atoms with Crippen LogP contribution < -0.4 is 19.6 Å². The van der Waals surface area contributed by atoms with Gasteiger partial charge in [0, 0.05) is 22.6 Å². The molecule has 0 radical (unpaired) electrons. The molecular weight excluding hydrogens is 577 g/mol. The van der Waals surface area contributed by atoms with E-state index in [1.165, 1.54) is 23.5 Å². The number of carbonyl (C=O) groups is 1. The molecule has 0 saturated carbocycles. The third-order valence-electron chi connectivity index (χ3n) is 7.62. The molecule has 7 nitrogen and oxygen atoms in total. The molecule has 3 aromatic carbocycles. The number of rotatable bonds is 7. The Hall–Kier alpha value is -5.02. The lowest BCUT2D eigenvalue weighted by atomic mass is 9.93. The van der Waals surface area contributed by atoms with Gasteiger partial charge in [0.05, 0.1) is 35.6 Å². The zero-order valence-corrected chi connectivity index (χ0v) is 25.5. The minimum Gasteiger partial charge on any atom is -0.497 e. The molecule has 0 aliphatic carbocycles. The molecule has 0 fully saturated rings. The van der Waals surface area contributed by atoms with E-state index in [-0.39, 0.29) is 23.6 Å². The highest BCUT2D eigenvalue weighted by molar-refractivity contribution is 7.07. The van der Waals surface area contributed by atoms with E-state index in [0.29, 0.717) is 26.3 Å². The first-order chi connectivity index (χ1) is 21.3. The fraction of sp³-hybridized carbons (Fsp3) is 0.171. The zero-order valence-electron chi connectivity index (χ0n) is 24.7. The Morgan fingerprint density at radius 3 is 2.48 bits per heavy atom. The van der Waals surface area contributed by atoms with Crippen LogP contribution in [0.5, 0.6) is 5.75 Å². The van der Waals surface area contributed by atoms with Crippen molar-refractivity contribution in [3.05, 3.63) is 144 Å². The van der Waals surface area contributed by atoms with Gasteiger partial charge in [0.2, 0.25) is 0 Å². The van der Waals surface area contributed by atoms with Gasteiger partial charge in [-0.2, -0.15) is 0 Å². The number of aromatic nitrogens is 2. The van der Waals surface area contributed by atoms with Gasteiger partial charge in [-0.25, -0.2) is 14.2 Å². The standard InChI is InChI=1S/C35H30FN3O4S/c1-5-43-34(41)30-31(23-10-7-6-8-11-23)37-35-39(32(30)24-12-9-13-28(19-24)42-4)33(40)29(44-35)20-25-18-21(2)38(22(25)3)27-16-14-26(36)15-17-27/h6-20,32H,5H2,1-4H3/b29-20-/t32-/m1/s1. The number of aryl methyl sites for hydroxylation is 1. The van der Waals surface area contributed by atoms with Crippen molar-refractivity contribution < 1.29 is 18.7 Å². The quantitative estimate of drug-likeness (QED) is 0.230. The van der Waals surface area contributed by atoms with Crippen molar-refractivity contribution in [1.82, 2.24) is 9.13 Å². The van der Waals surface area contributed by atoms with Crippen LogP contribution in [0.3, 0.4) is 0 Å². The Morgan fingerprint density at radius 1 is 1.02 bits per heavy atom. The molecule has 6 rings (SSSR count). The van der Waals surface area contributed by atoms with E-state index in [0.717, 1.165) is 28.2 Å². The fourth-order valence-electron chi connectivity index (χ4n) is 5.63. The first-order valence-electron chi connectivity index (χ1n) is 14.2. The lowest BCUT2D eigenvalue weighted by Crippen LogP contribution is -2.40. The second kappa shape index (κ2) is 11.9. The second-order valence-electron chi connectivity index (χ2n) is 10.3. The van der Waals surface area contributed by atoms with Crippen molar-refractivity contribution in [3.8, 4) is 11.4 Å². The summed E-state index contributed by atoms with van der Waals surface area (Å²) in [4.78, 5) is 33.3. The van der Waals surface area contributed by atoms with Crippen LogP contribution >= 0.6 is 11.3 Å². The summed E-state index contributed by atoms with van der Waals surface area (Å²) in [5.41, 5.74) is 5.41. The van der Waals surface area contributed by atoms with E-state index in [4.69, 9.17) is 14.5 Å². The lowest BCUT2D eigenvalue weighted by molar-refractivity contribution is -0.138. The van der Waals surface area contributed by atoms with Crippen LogP contribution in [0.1, 0.15) is 41.0 Å². The van der Waals surface area contributed by atoms with Gasteiger partial charge in [0.25, 0.3) is 5.56 Å². The molecule has 0 saturated heterocycles. The Kier molecular flexibility index (Phi) is 7.88. The number of nitrogens with zero attached hydrogens (tertiary/aromatic N) is 3. The van der Waals surface area contributed by atoms with Gasteiger partial charge in [-0.05, 0) is 80.4 Å². The third kappa shape index (κ3) is 5.20. The summed E-state index contributed by atoms with van der Waals surface area (Å²) in [6, 6.07) is 24.3. The van der Waals surface area contributed by atoms with E-state index in [2.05, 4.69) is 0 Å². The predicted molar refractivity (Wildman–Crippen MR) is 169 cm³/mol. The second-order valence-corrected chi connectivity index (χ2v) is 11.4. The molecule has 5 aromatic rings. The number of thiazole rings is 1. The van der Waals surface area contributed by atoms with E-state index in [1.807, 2.05) is 85.2 Å². The van der Waals surface area contributed by atoms with Gasteiger partial charge < -0.3 is 14.0 Å². The van der Waals surface area contributed by atoms with Crippen LogP contribution in [0.15, 0.2) is 100 Å². The maximum atomic E-state index is 14.3. The summed E-state index contributed by atoms with van der Waals surface area (Å²) < 4.78 is 28.7. The highest BCUT2D eigenvalue weighted by Crippen LogP contribution is 2.36. The number of ether oxygens (including phenoxy) is 2. The molecule has 44 heavy (non-hydrogen) atoms. The molecule has 222 valence electrons. The average molecular weight is 608 g/mol. The monoisotopic (exact) mass is 607 g/mol. The van der Waals surface area contributed by atoms with Gasteiger partial charge in [-0.3, -0.25) is 9.36 Å². The highest BCUT2D eigenvalue weighted by Gasteiger charge is 2.35. The maximum absolute atomic E-state index is 14.3. The smallest absolute Gasteiger partial charge is 0.338 e. The summed E-state index contributed by atoms with van der Waals surface area (Å²) >= 11 is 1.26. The number of fused-ring (bicyclic) bond motifs is 1. The van der Waals surface area contributed by atoms with Gasteiger partial charge in [0.1, 0.15) is 11.6 Å². The van der Waals surface area contributed by atoms with Crippen LogP contribution in [0.25, 0.3) is 17.5 Å². The van der Waals surface area contributed by atoms with E-state index >= 15 is 0 Å². The van der Waals surface area contributed by atoms with Crippen molar-refractivity contribution in [1.29, 1.82) is 0 Å². The lowest BCUT2D eigenvalue weighted by Gasteiger charge is -2.26. The number of esters is 1. The number of hydrogen-bond acceptors (Lipinski definition) is 6. The van der Waals surface area contributed by atoms with Crippen LogP contribution in [0, 0.1) is 19.7 Å². The topological polar surface area (TPSA) is 74.8 Å². The molecule has 2 aromatic heterocycles. The molecule has 0 unspecified atom stereocenters. The predicted octanol–water partition coefficient (Wildman–Crippen LogP) is 5.49. The van der Waals surface area contributed by atoms with E-state index in [1.54, 1.807) is 30.7 Å². The molecule has 3 heterocycles. The van der Waals surface area contributed by atoms with E-state index < -0.39 is 12.0 Å². The number of benzene rings is 3. The van der Waals surface area contributed by atoms with Crippen molar-refractivity contribution in [3.63, 3.8) is 0 Å². The van der Waals surface area contributed by atoms with Gasteiger partial charge >= 0.3 is 5.97 Å². The Labute approximate surface area is 257 Å². The minimum absolute atomic E-state index is 0.170. The molecule has 0 spiro atoms. The maximum Gasteiger partial charge on any atom is 0.338 e. The summed E-state index contributed by atoms with van der Waals surface area (Å²) in [5, 5.41) is 0. The normalized spacial score (nSPS) is 14.8. The Balaban J connectivity index is 1.60. The van der Waals surface area contributed by atoms with Crippen molar-refractivity contribution in [2.24, 2.45) is 4.99 Å². The number of carbonyl (C=O) groups excluding carboxylic acids is 1. The summed E-state index contributed by atoms with van der Waals surface area (Å²) in [6.45, 7) is 5.85. The van der Waals surface area contributed by atoms with Gasteiger partial charge in [0.15, 0.2) is 4.80 Å². The highest BCUT2D eigenvalue weighted by atomic mass is 32.1. The van der Waals surface area contributed by atoms with Crippen molar-refractivity contribution in [2.45, 2.75) is 26.8 Å². The van der Waals surface area contributed by atoms with Gasteiger partial charge in [-0.1, -0.05) is 53.8 Å². The number of hydrogen-bond donors (Lipinski definition) is 0. The van der Waals surface area contributed by atoms with Crippen molar-refractivity contribution in [2.75, 3.05) is 13.7 Å². The zero-order chi connectivity index (χ0) is 31.0. The van der Waals surface area contributed by atoms with Crippen LogP contribution in [-0.4, -0.2) is 28.8 Å². The first kappa shape index (κ1) is 29.1. The third-order valence-corrected chi connectivity index (χ3v) is 8.61. The first-order valence-corrected chi connectivity index (χ1v) is 15.0. The SMILES string of the molecule is CCOC(=O)C1=C(c2ccccc2)N=c2s/c(=C\c3cc(C)n(-c4ccc(F)cc4)c3C)c(=O)n2[C@@H]1c1cccc(OC)c1. The summed E-state index contributed by atoms with van der Waals surface area (Å²) in [5.74, 6) is -0.250. The molecule has 9 heteroatoms. The summed E-state index contributed by atoms with van der Waals surface area (Å²) in [6.07, 6.45) is 1.85. The van der Waals surface area contributed by atoms with E-state index in [9.17, 15) is 14.0 Å². The largest absolute Gasteiger partial charge is 0.497 e. The molecule has 0 N–H and O–H groups in total. The fourth-order valence-corrected chi connectivity index (χ4v) is 6.62. The molecular formula is C35H30FN3O4S. The van der Waals surface area contributed by atoms with Crippen LogP contribution in [0.4, 0.5) is 4.39 Å². The molecule has 1 aliphatic heterocycles. The number of methoxy groups -OCH3 is 1. The van der Waals surface area contributed by atoms with Crippen molar-refractivity contribution >= 4 is 29.1 Å². The number of halogens is 1. The minimum atomic E-state index is -0.801. The Bertz CT molecular complexity index is 2090. The van der Waals surface area contributed by atoms with Crippen LogP contribution in [-0.2, 0) is 9.53 Å². The average Bonchev–Trinajstić information content (AvgIpc) is 3.50. The van der Waals surface area contributed by atoms with Crippen LogP contribution in [0.2, 0.25) is 0 Å². The Morgan fingerprint density at radius 2 is 1.77 bits per heavy atom.